The molecule has 0 fully saturated rings. The maximum absolute atomic E-state index is 11.1. The molecule has 0 saturated heterocycles. The van der Waals surface area contributed by atoms with E-state index in [0.717, 1.165) is 6.08 Å². The minimum absolute atomic E-state index is 0.140. The van der Waals surface area contributed by atoms with Gasteiger partial charge in [-0.1, -0.05) is 0 Å². The average molecular weight is 197 g/mol. The first-order chi connectivity index (χ1) is 6.67. The minimum Gasteiger partial charge on any atom is -0.462 e. The van der Waals surface area contributed by atoms with E-state index in [1.807, 2.05) is 0 Å². The highest BCUT2D eigenvalue weighted by atomic mass is 16.6. The molecule has 0 saturated carbocycles. The molecule has 0 amide bonds. The lowest BCUT2D eigenvalue weighted by atomic mass is 10.2. The Bertz CT molecular complexity index is 268. The van der Waals surface area contributed by atoms with Crippen LogP contribution >= 0.6 is 0 Å². The zero-order valence-corrected chi connectivity index (χ0v) is 8.07. The van der Waals surface area contributed by atoms with E-state index in [1.54, 1.807) is 19.9 Å². The van der Waals surface area contributed by atoms with Crippen molar-refractivity contribution in [2.45, 2.75) is 13.8 Å². The number of ether oxygens (including phenoxy) is 2. The summed E-state index contributed by atoms with van der Waals surface area (Å²) in [5.41, 5.74) is -0.379. The van der Waals surface area contributed by atoms with Gasteiger partial charge >= 0.3 is 11.9 Å². The summed E-state index contributed by atoms with van der Waals surface area (Å²) in [5, 5.41) is 8.33. The van der Waals surface area contributed by atoms with Gasteiger partial charge in [0, 0.05) is 6.08 Å². The van der Waals surface area contributed by atoms with Crippen LogP contribution in [0.4, 0.5) is 0 Å². The predicted octanol–water partition coefficient (Wildman–Crippen LogP) is 0.563. The highest BCUT2D eigenvalue weighted by molar-refractivity contribution is 6.14. The molecule has 0 aromatic carbocycles. The fourth-order valence-corrected chi connectivity index (χ4v) is 0.683. The van der Waals surface area contributed by atoms with Gasteiger partial charge in [0.1, 0.15) is 0 Å². The number of carbonyl (C=O) groups is 2. The molecule has 0 aromatic rings. The molecule has 76 valence electrons. The summed E-state index contributed by atoms with van der Waals surface area (Å²) >= 11 is 0. The van der Waals surface area contributed by atoms with E-state index in [4.69, 9.17) is 5.26 Å². The van der Waals surface area contributed by atoms with Crippen molar-refractivity contribution in [3.05, 3.63) is 11.6 Å². The lowest BCUT2D eigenvalue weighted by molar-refractivity contribution is -0.146. The van der Waals surface area contributed by atoms with Crippen LogP contribution in [-0.2, 0) is 19.1 Å². The zero-order chi connectivity index (χ0) is 11.0. The molecule has 0 unspecified atom stereocenters. The number of esters is 2. The van der Waals surface area contributed by atoms with Gasteiger partial charge in [-0.05, 0) is 13.8 Å². The highest BCUT2D eigenvalue weighted by Crippen LogP contribution is 2.01. The lowest BCUT2D eigenvalue weighted by Gasteiger charge is -2.04. The molecule has 0 bridgehead atoms. The van der Waals surface area contributed by atoms with Gasteiger partial charge in [0.05, 0.1) is 19.3 Å². The molecule has 0 aliphatic rings. The Morgan fingerprint density at radius 1 is 1.21 bits per heavy atom. The zero-order valence-electron chi connectivity index (χ0n) is 8.07. The SMILES string of the molecule is CCOC(=O)C(=CC#N)C(=O)OCC. The maximum atomic E-state index is 11.1. The predicted molar refractivity (Wildman–Crippen MR) is 47.0 cm³/mol. The summed E-state index contributed by atoms with van der Waals surface area (Å²) in [7, 11) is 0. The van der Waals surface area contributed by atoms with Crippen LogP contribution in [0, 0.1) is 11.3 Å². The van der Waals surface area contributed by atoms with Crippen molar-refractivity contribution in [1.82, 2.24) is 0 Å². The van der Waals surface area contributed by atoms with E-state index in [2.05, 4.69) is 9.47 Å². The molecule has 0 radical (unpaired) electrons. The van der Waals surface area contributed by atoms with E-state index in [1.165, 1.54) is 0 Å². The fourth-order valence-electron chi connectivity index (χ4n) is 0.683. The summed E-state index contributed by atoms with van der Waals surface area (Å²) in [6, 6.07) is 1.58. The molecule has 0 rings (SSSR count). The molecule has 14 heavy (non-hydrogen) atoms. The van der Waals surface area contributed by atoms with Crippen LogP contribution in [0.15, 0.2) is 11.6 Å². The van der Waals surface area contributed by atoms with Crippen LogP contribution in [0.5, 0.6) is 0 Å². The van der Waals surface area contributed by atoms with E-state index < -0.39 is 11.9 Å². The summed E-state index contributed by atoms with van der Waals surface area (Å²) < 4.78 is 9.13. The van der Waals surface area contributed by atoms with Gasteiger partial charge in [-0.15, -0.1) is 0 Å². The molecular weight excluding hydrogens is 186 g/mol. The maximum Gasteiger partial charge on any atom is 0.346 e. The summed E-state index contributed by atoms with van der Waals surface area (Å²) in [6.45, 7) is 3.49. The summed E-state index contributed by atoms with van der Waals surface area (Å²) in [6.07, 6.45) is 0.815. The van der Waals surface area contributed by atoms with Gasteiger partial charge in [0.25, 0.3) is 0 Å². The fraction of sp³-hybridized carbons (Fsp3) is 0.444. The van der Waals surface area contributed by atoms with Crippen molar-refractivity contribution in [1.29, 1.82) is 5.26 Å². The largest absolute Gasteiger partial charge is 0.462 e. The molecule has 0 spiro atoms. The number of hydrogen-bond donors (Lipinski definition) is 0. The van der Waals surface area contributed by atoms with Gasteiger partial charge in [-0.25, -0.2) is 9.59 Å². The first kappa shape index (κ1) is 12.2. The van der Waals surface area contributed by atoms with Crippen LogP contribution in [0.25, 0.3) is 0 Å². The Labute approximate surface area is 81.9 Å². The number of rotatable bonds is 4. The van der Waals surface area contributed by atoms with E-state index >= 15 is 0 Å². The first-order valence-corrected chi connectivity index (χ1v) is 4.11. The van der Waals surface area contributed by atoms with Crippen molar-refractivity contribution in [3.63, 3.8) is 0 Å². The second kappa shape index (κ2) is 6.66. The molecule has 0 aliphatic carbocycles. The third-order valence-electron chi connectivity index (χ3n) is 1.20. The Morgan fingerprint density at radius 3 is 1.93 bits per heavy atom. The molecule has 0 atom stereocenters. The van der Waals surface area contributed by atoms with Crippen LogP contribution in [-0.4, -0.2) is 25.2 Å². The number of hydrogen-bond acceptors (Lipinski definition) is 5. The van der Waals surface area contributed by atoms with Crippen molar-refractivity contribution >= 4 is 11.9 Å². The van der Waals surface area contributed by atoms with Crippen molar-refractivity contribution in [2.24, 2.45) is 0 Å². The number of carbonyl (C=O) groups excluding carboxylic acids is 2. The molecule has 5 nitrogen and oxygen atoms in total. The third kappa shape index (κ3) is 3.72. The Kier molecular flexibility index (Phi) is 5.79. The van der Waals surface area contributed by atoms with E-state index in [-0.39, 0.29) is 18.8 Å². The molecule has 0 N–H and O–H groups in total. The topological polar surface area (TPSA) is 76.4 Å². The molecule has 5 heteroatoms. The Hall–Kier alpha value is -1.83. The van der Waals surface area contributed by atoms with Crippen molar-refractivity contribution in [2.75, 3.05) is 13.2 Å². The molecule has 0 heterocycles. The second-order valence-electron chi connectivity index (χ2n) is 2.13. The third-order valence-corrected chi connectivity index (χ3v) is 1.20. The minimum atomic E-state index is -0.840. The molecule has 0 aliphatic heterocycles. The van der Waals surface area contributed by atoms with Crippen LogP contribution < -0.4 is 0 Å². The van der Waals surface area contributed by atoms with Gasteiger partial charge in [0.2, 0.25) is 0 Å². The van der Waals surface area contributed by atoms with Crippen LogP contribution in [0.2, 0.25) is 0 Å². The summed E-state index contributed by atoms with van der Waals surface area (Å²) in [4.78, 5) is 22.2. The van der Waals surface area contributed by atoms with Gasteiger partial charge in [-0.3, -0.25) is 0 Å². The van der Waals surface area contributed by atoms with Crippen molar-refractivity contribution in [3.8, 4) is 6.07 Å². The standard InChI is InChI=1S/C9H11NO4/c1-3-13-8(11)7(5-6-10)9(12)14-4-2/h5H,3-4H2,1-2H3. The average Bonchev–Trinajstić information content (AvgIpc) is 2.14. The summed E-state index contributed by atoms with van der Waals surface area (Å²) in [5.74, 6) is -1.68. The smallest absolute Gasteiger partial charge is 0.346 e. The molecular formula is C9H11NO4. The quantitative estimate of drug-likeness (QED) is 0.216. The second-order valence-corrected chi connectivity index (χ2v) is 2.13. The van der Waals surface area contributed by atoms with E-state index in [9.17, 15) is 9.59 Å². The highest BCUT2D eigenvalue weighted by Gasteiger charge is 2.20. The van der Waals surface area contributed by atoms with Gasteiger partial charge in [-0.2, -0.15) is 5.26 Å². The lowest BCUT2D eigenvalue weighted by Crippen LogP contribution is -2.18. The van der Waals surface area contributed by atoms with Gasteiger partial charge in [0.15, 0.2) is 5.57 Å². The first-order valence-electron chi connectivity index (χ1n) is 4.11. The van der Waals surface area contributed by atoms with E-state index in [0.29, 0.717) is 0 Å². The number of allylic oxidation sites excluding steroid dienone is 1. The van der Waals surface area contributed by atoms with Crippen LogP contribution in [0.1, 0.15) is 13.8 Å². The normalized spacial score (nSPS) is 8.36. The van der Waals surface area contributed by atoms with Crippen LogP contribution in [0.3, 0.4) is 0 Å². The number of nitriles is 1. The molecule has 0 aromatic heterocycles. The monoisotopic (exact) mass is 197 g/mol. The van der Waals surface area contributed by atoms with Crippen molar-refractivity contribution < 1.29 is 19.1 Å². The Morgan fingerprint density at radius 2 is 1.64 bits per heavy atom. The Balaban J connectivity index is 4.62. The number of nitrogens with zero attached hydrogens (tertiary/aromatic N) is 1. The van der Waals surface area contributed by atoms with Gasteiger partial charge < -0.3 is 9.47 Å².